The molecule has 0 aliphatic rings. The van der Waals surface area contributed by atoms with E-state index in [1.807, 2.05) is 36.1 Å². The van der Waals surface area contributed by atoms with E-state index in [2.05, 4.69) is 4.99 Å². The van der Waals surface area contributed by atoms with Gasteiger partial charge in [-0.15, -0.1) is 0 Å². The molecule has 3 nitrogen and oxygen atoms in total. The van der Waals surface area contributed by atoms with Crippen molar-refractivity contribution in [2.45, 2.75) is 0 Å². The molecule has 0 amide bonds. The Bertz CT molecular complexity index is 577. The molecule has 1 N–H and O–H groups in total. The first-order chi connectivity index (χ1) is 8.56. The predicted molar refractivity (Wildman–Crippen MR) is 73.0 cm³/mol. The van der Waals surface area contributed by atoms with Crippen LogP contribution in [0.2, 0.25) is 10.0 Å². The van der Waals surface area contributed by atoms with Crippen LogP contribution in [-0.2, 0) is 7.05 Å². The van der Waals surface area contributed by atoms with Crippen molar-refractivity contribution in [2.75, 3.05) is 0 Å². The highest BCUT2D eigenvalue weighted by molar-refractivity contribution is 6.37. The molecule has 1 aromatic heterocycles. The van der Waals surface area contributed by atoms with Crippen molar-refractivity contribution in [3.05, 3.63) is 52.3 Å². The first kappa shape index (κ1) is 16.2. The Morgan fingerprint density at radius 2 is 1.68 bits per heavy atom. The van der Waals surface area contributed by atoms with Crippen LogP contribution < -0.4 is 28.5 Å². The molecule has 2 aromatic rings. The summed E-state index contributed by atoms with van der Waals surface area (Å²) in [5.74, 6) is -0.121. The number of hydrogen-bond donors (Lipinski definition) is 1. The fraction of sp³-hybridized carbons (Fsp3) is 0.0769. The number of phenolic OH excluding ortho intramolecular Hbond substituents is 1. The first-order valence-corrected chi connectivity index (χ1v) is 5.99. The van der Waals surface area contributed by atoms with Gasteiger partial charge >= 0.3 is 0 Å². The molecule has 2 rings (SSSR count). The van der Waals surface area contributed by atoms with Crippen LogP contribution in [0, 0.1) is 0 Å². The Kier molecular flexibility index (Phi) is 6.03. The predicted octanol–water partition coefficient (Wildman–Crippen LogP) is 0.278. The fourth-order valence-corrected chi connectivity index (χ4v) is 1.85. The molecular formula is C13H11Cl2IN2O. The van der Waals surface area contributed by atoms with Crippen LogP contribution in [0.3, 0.4) is 0 Å². The fourth-order valence-electron chi connectivity index (χ4n) is 1.37. The van der Waals surface area contributed by atoms with Gasteiger partial charge in [-0.25, -0.2) is 4.57 Å². The van der Waals surface area contributed by atoms with Gasteiger partial charge < -0.3 is 29.1 Å². The van der Waals surface area contributed by atoms with Crippen molar-refractivity contribution >= 4 is 35.1 Å². The maximum Gasteiger partial charge on any atom is 0.169 e. The van der Waals surface area contributed by atoms with Crippen molar-refractivity contribution in [3.63, 3.8) is 0 Å². The summed E-state index contributed by atoms with van der Waals surface area (Å²) in [5, 5.41) is 9.81. The summed E-state index contributed by atoms with van der Waals surface area (Å²) >= 11 is 11.6. The Hall–Kier alpha value is -0.850. The molecule has 6 heteroatoms. The number of rotatable bonds is 2. The number of halogens is 3. The minimum atomic E-state index is -0.121. The van der Waals surface area contributed by atoms with Crippen molar-refractivity contribution in [1.82, 2.24) is 0 Å². The van der Waals surface area contributed by atoms with Gasteiger partial charge in [0.15, 0.2) is 18.1 Å². The molecule has 0 atom stereocenters. The molecule has 0 saturated heterocycles. The first-order valence-electron chi connectivity index (χ1n) is 5.23. The largest absolute Gasteiger partial charge is 1.00 e. The van der Waals surface area contributed by atoms with Crippen LogP contribution in [0.25, 0.3) is 0 Å². The number of nitrogens with zero attached hydrogens (tertiary/aromatic N) is 2. The number of aliphatic imine (C=N–C) groups is 1. The second-order valence-electron chi connectivity index (χ2n) is 3.81. The van der Waals surface area contributed by atoms with Crippen molar-refractivity contribution < 1.29 is 33.7 Å². The molecule has 0 saturated carbocycles. The zero-order valence-corrected chi connectivity index (χ0v) is 13.7. The Morgan fingerprint density at radius 3 is 2.21 bits per heavy atom. The van der Waals surface area contributed by atoms with E-state index in [0.29, 0.717) is 5.69 Å². The third-order valence-corrected chi connectivity index (χ3v) is 2.94. The van der Waals surface area contributed by atoms with Crippen molar-refractivity contribution in [1.29, 1.82) is 0 Å². The van der Waals surface area contributed by atoms with E-state index in [9.17, 15) is 5.11 Å². The molecular weight excluding hydrogens is 398 g/mol. The van der Waals surface area contributed by atoms with E-state index < -0.39 is 0 Å². The molecule has 100 valence electrons. The zero-order chi connectivity index (χ0) is 13.1. The van der Waals surface area contributed by atoms with Gasteiger partial charge in [-0.2, -0.15) is 0 Å². The van der Waals surface area contributed by atoms with Gasteiger partial charge in [0.25, 0.3) is 0 Å². The maximum atomic E-state index is 9.43. The maximum absolute atomic E-state index is 9.43. The monoisotopic (exact) mass is 408 g/mol. The van der Waals surface area contributed by atoms with E-state index in [1.54, 1.807) is 18.3 Å². The van der Waals surface area contributed by atoms with Crippen LogP contribution in [-0.4, -0.2) is 11.3 Å². The van der Waals surface area contributed by atoms with E-state index >= 15 is 0 Å². The summed E-state index contributed by atoms with van der Waals surface area (Å²) in [6, 6.07) is 6.99. The molecule has 1 heterocycles. The molecule has 0 unspecified atom stereocenters. The highest BCUT2D eigenvalue weighted by Gasteiger charge is 2.05. The molecule has 0 aliphatic carbocycles. The summed E-state index contributed by atoms with van der Waals surface area (Å²) in [7, 11) is 1.94. The lowest BCUT2D eigenvalue weighted by Gasteiger charge is -2.01. The number of aromatic hydroxyl groups is 1. The van der Waals surface area contributed by atoms with Crippen molar-refractivity contribution in [3.8, 4) is 5.75 Å². The minimum absolute atomic E-state index is 0. The topological polar surface area (TPSA) is 36.5 Å². The molecule has 0 spiro atoms. The normalized spacial score (nSPS) is 10.5. The number of aromatic nitrogens is 1. The lowest BCUT2D eigenvalue weighted by Crippen LogP contribution is -3.00. The van der Waals surface area contributed by atoms with Gasteiger partial charge in [-0.1, -0.05) is 23.2 Å². The Morgan fingerprint density at radius 1 is 1.16 bits per heavy atom. The minimum Gasteiger partial charge on any atom is -1.00 e. The van der Waals surface area contributed by atoms with Crippen LogP contribution in [0.15, 0.2) is 41.7 Å². The molecule has 0 radical (unpaired) electrons. The highest BCUT2D eigenvalue weighted by atomic mass is 127. The summed E-state index contributed by atoms with van der Waals surface area (Å²) < 4.78 is 1.94. The number of aryl methyl sites for hydroxylation is 1. The zero-order valence-electron chi connectivity index (χ0n) is 10.0. The van der Waals surface area contributed by atoms with Gasteiger partial charge in [-0.05, 0) is 12.1 Å². The molecule has 1 aromatic carbocycles. The molecule has 19 heavy (non-hydrogen) atoms. The van der Waals surface area contributed by atoms with Gasteiger partial charge in [0.2, 0.25) is 0 Å². The third kappa shape index (κ3) is 4.33. The Labute approximate surface area is 138 Å². The molecule has 0 aliphatic heterocycles. The van der Waals surface area contributed by atoms with Crippen LogP contribution in [0.4, 0.5) is 5.69 Å². The summed E-state index contributed by atoms with van der Waals surface area (Å²) in [6.07, 6.45) is 5.56. The molecule has 0 fully saturated rings. The number of hydrogen-bond acceptors (Lipinski definition) is 2. The average molecular weight is 409 g/mol. The van der Waals surface area contributed by atoms with E-state index in [4.69, 9.17) is 23.2 Å². The van der Waals surface area contributed by atoms with E-state index in [0.717, 1.165) is 5.56 Å². The van der Waals surface area contributed by atoms with Crippen LogP contribution in [0.1, 0.15) is 5.56 Å². The van der Waals surface area contributed by atoms with Crippen LogP contribution in [0.5, 0.6) is 5.75 Å². The Balaban J connectivity index is 0.00000180. The quantitative estimate of drug-likeness (QED) is 0.432. The lowest BCUT2D eigenvalue weighted by atomic mass is 10.3. The smallest absolute Gasteiger partial charge is 0.169 e. The highest BCUT2D eigenvalue weighted by Crippen LogP contribution is 2.35. The summed E-state index contributed by atoms with van der Waals surface area (Å²) in [4.78, 5) is 4.25. The third-order valence-electron chi connectivity index (χ3n) is 2.37. The van der Waals surface area contributed by atoms with E-state index in [1.165, 1.54) is 0 Å². The second kappa shape index (κ2) is 7.07. The molecule has 0 bridgehead atoms. The van der Waals surface area contributed by atoms with Gasteiger partial charge in [-0.3, -0.25) is 4.99 Å². The lowest BCUT2D eigenvalue weighted by molar-refractivity contribution is -0.671. The number of pyridine rings is 1. The van der Waals surface area contributed by atoms with Crippen molar-refractivity contribution in [2.24, 2.45) is 12.0 Å². The average Bonchev–Trinajstić information content (AvgIpc) is 2.35. The SMILES string of the molecule is C[n+]1ccc(C=Nc2cc(Cl)c(O)c(Cl)c2)cc1.[I-]. The second-order valence-corrected chi connectivity index (χ2v) is 4.63. The van der Waals surface area contributed by atoms with E-state index in [-0.39, 0.29) is 39.8 Å². The summed E-state index contributed by atoms with van der Waals surface area (Å²) in [6.45, 7) is 0. The van der Waals surface area contributed by atoms with Crippen LogP contribution >= 0.6 is 23.2 Å². The van der Waals surface area contributed by atoms with Gasteiger partial charge in [0.1, 0.15) is 7.05 Å². The summed E-state index contributed by atoms with van der Waals surface area (Å²) in [5.41, 5.74) is 1.56. The number of phenols is 1. The van der Waals surface area contributed by atoms with Gasteiger partial charge in [0.05, 0.1) is 15.7 Å². The standard InChI is InChI=1S/C13H10Cl2N2O.HI/c1-17-4-2-9(3-5-17)8-16-10-6-11(14)13(18)12(15)7-10;/h2-8H,1H3;1H. The van der Waals surface area contributed by atoms with Gasteiger partial charge in [0, 0.05) is 23.9 Å². The number of benzene rings is 1.